The van der Waals surface area contributed by atoms with Crippen LogP contribution in [0, 0.1) is 11.2 Å². The zero-order valence-electron chi connectivity index (χ0n) is 23.8. The number of rotatable bonds is 7. The van der Waals surface area contributed by atoms with Gasteiger partial charge in [0.25, 0.3) is 0 Å². The van der Waals surface area contributed by atoms with E-state index in [4.69, 9.17) is 26.1 Å². The minimum atomic E-state index is -3.94. The minimum absolute atomic E-state index is 0.0737. The topological polar surface area (TPSA) is 82.1 Å². The van der Waals surface area contributed by atoms with Gasteiger partial charge in [0.15, 0.2) is 5.60 Å². The van der Waals surface area contributed by atoms with Crippen molar-refractivity contribution >= 4 is 43.5 Å². The molecule has 0 spiro atoms. The molecule has 0 bridgehead atoms. The minimum Gasteiger partial charge on any atom is -0.480 e. The van der Waals surface area contributed by atoms with Gasteiger partial charge in [-0.15, -0.1) is 0 Å². The van der Waals surface area contributed by atoms with Crippen LogP contribution >= 0.6 is 27.5 Å². The highest BCUT2D eigenvalue weighted by atomic mass is 79.9. The van der Waals surface area contributed by atoms with E-state index in [0.717, 1.165) is 0 Å². The Balaban J connectivity index is 1.85. The second kappa shape index (κ2) is 10.5. The molecule has 0 N–H and O–H groups in total. The molecule has 2 aromatic carbocycles. The Hall–Kier alpha value is -1.72. The van der Waals surface area contributed by atoms with E-state index < -0.39 is 49.2 Å². The zero-order chi connectivity index (χ0) is 29.9. The normalized spacial score (nSPS) is 25.5. The first-order valence-electron chi connectivity index (χ1n) is 13.2. The Morgan fingerprint density at radius 1 is 1.23 bits per heavy atom. The van der Waals surface area contributed by atoms with Gasteiger partial charge >= 0.3 is 5.97 Å². The van der Waals surface area contributed by atoms with Crippen LogP contribution < -0.4 is 4.74 Å². The second-order valence-electron chi connectivity index (χ2n) is 12.5. The van der Waals surface area contributed by atoms with E-state index in [9.17, 15) is 17.6 Å². The van der Waals surface area contributed by atoms with Crippen molar-refractivity contribution in [2.24, 2.45) is 5.41 Å². The van der Waals surface area contributed by atoms with Gasteiger partial charge in [0.2, 0.25) is 10.0 Å². The Bertz CT molecular complexity index is 1410. The van der Waals surface area contributed by atoms with Crippen LogP contribution in [0.25, 0.3) is 0 Å². The molecule has 0 aliphatic carbocycles. The second-order valence-corrected chi connectivity index (χ2v) is 16.3. The predicted molar refractivity (Wildman–Crippen MR) is 155 cm³/mol. The van der Waals surface area contributed by atoms with Crippen LogP contribution in [-0.2, 0) is 36.6 Å². The highest BCUT2D eigenvalue weighted by molar-refractivity contribution is 9.10. The van der Waals surface area contributed by atoms with E-state index in [2.05, 4.69) is 15.9 Å². The summed E-state index contributed by atoms with van der Waals surface area (Å²) in [6.07, 6.45) is 0.891. The van der Waals surface area contributed by atoms with Crippen molar-refractivity contribution in [1.29, 1.82) is 0 Å². The predicted octanol–water partition coefficient (Wildman–Crippen LogP) is 6.94. The monoisotopic (exact) mass is 659 g/mol. The molecule has 0 aromatic heterocycles. The SMILES string of the molecule is CCC(C)(C)C(=O)OOC1(C)CC([C@@]2(c3ccccc3)Cc3c(cc(F)c(Cl)c3Br)O2)N(S(=O)(=O)C(C)(C)C)C1. The first kappa shape index (κ1) is 31.2. The lowest BCUT2D eigenvalue weighted by Crippen LogP contribution is -2.55. The van der Waals surface area contributed by atoms with Crippen LogP contribution in [0.15, 0.2) is 40.9 Å². The number of carbonyl (C=O) groups is 1. The third-order valence-electron chi connectivity index (χ3n) is 8.06. The summed E-state index contributed by atoms with van der Waals surface area (Å²) < 4.78 is 50.1. The molecule has 11 heteroatoms. The number of hydrogen-bond donors (Lipinski definition) is 0. The van der Waals surface area contributed by atoms with Crippen LogP contribution in [0.3, 0.4) is 0 Å². The molecule has 2 unspecified atom stereocenters. The lowest BCUT2D eigenvalue weighted by Gasteiger charge is -2.41. The third-order valence-corrected chi connectivity index (χ3v) is 12.1. The molecule has 3 atom stereocenters. The van der Waals surface area contributed by atoms with Gasteiger partial charge in [-0.05, 0) is 69.5 Å². The van der Waals surface area contributed by atoms with Gasteiger partial charge in [0, 0.05) is 35.5 Å². The molecule has 0 amide bonds. The van der Waals surface area contributed by atoms with Gasteiger partial charge in [-0.2, -0.15) is 9.19 Å². The van der Waals surface area contributed by atoms with E-state index in [1.165, 1.54) is 10.4 Å². The van der Waals surface area contributed by atoms with Crippen LogP contribution in [0.1, 0.15) is 72.4 Å². The van der Waals surface area contributed by atoms with E-state index in [1.807, 2.05) is 37.3 Å². The Kier molecular flexibility index (Phi) is 8.22. The molecular weight excluding hydrogens is 625 g/mol. The van der Waals surface area contributed by atoms with Crippen LogP contribution in [0.5, 0.6) is 5.75 Å². The zero-order valence-corrected chi connectivity index (χ0v) is 27.0. The van der Waals surface area contributed by atoms with Gasteiger partial charge in [-0.3, -0.25) is 4.89 Å². The van der Waals surface area contributed by atoms with Gasteiger partial charge in [0.1, 0.15) is 17.2 Å². The number of fused-ring (bicyclic) bond motifs is 1. The Morgan fingerprint density at radius 3 is 2.42 bits per heavy atom. The lowest BCUT2D eigenvalue weighted by atomic mass is 9.80. The van der Waals surface area contributed by atoms with Gasteiger partial charge < -0.3 is 4.74 Å². The van der Waals surface area contributed by atoms with Crippen LogP contribution in [0.4, 0.5) is 4.39 Å². The largest absolute Gasteiger partial charge is 0.480 e. The maximum atomic E-state index is 14.7. The van der Waals surface area contributed by atoms with E-state index in [0.29, 0.717) is 22.0 Å². The fourth-order valence-corrected chi connectivity index (χ4v) is 7.51. The summed E-state index contributed by atoms with van der Waals surface area (Å²) in [4.78, 5) is 23.9. The van der Waals surface area contributed by atoms with E-state index in [-0.39, 0.29) is 30.2 Å². The first-order chi connectivity index (χ1) is 18.4. The van der Waals surface area contributed by atoms with Crippen molar-refractivity contribution < 1.29 is 32.1 Å². The molecule has 220 valence electrons. The van der Waals surface area contributed by atoms with Gasteiger partial charge in [-0.25, -0.2) is 17.6 Å². The van der Waals surface area contributed by atoms with E-state index >= 15 is 0 Å². The summed E-state index contributed by atoms with van der Waals surface area (Å²) >= 11 is 9.66. The van der Waals surface area contributed by atoms with Crippen molar-refractivity contribution in [3.63, 3.8) is 0 Å². The number of benzene rings is 2. The van der Waals surface area contributed by atoms with Gasteiger partial charge in [0.05, 0.1) is 21.2 Å². The summed E-state index contributed by atoms with van der Waals surface area (Å²) in [6.45, 7) is 11.9. The molecular formula is C29H36BrClFNO6S. The average Bonchev–Trinajstić information content (AvgIpc) is 3.46. The highest BCUT2D eigenvalue weighted by Crippen LogP contribution is 2.54. The number of ether oxygens (including phenoxy) is 1. The fourth-order valence-electron chi connectivity index (χ4n) is 5.09. The molecule has 2 aromatic rings. The number of sulfonamides is 1. The molecule has 0 saturated carbocycles. The Morgan fingerprint density at radius 2 is 1.85 bits per heavy atom. The molecule has 1 fully saturated rings. The lowest BCUT2D eigenvalue weighted by molar-refractivity contribution is -0.331. The number of carbonyl (C=O) groups excluding carboxylic acids is 1. The molecule has 2 aliphatic rings. The van der Waals surface area contributed by atoms with Gasteiger partial charge in [-0.1, -0.05) is 48.9 Å². The fraction of sp³-hybridized carbons (Fsp3) is 0.552. The summed E-state index contributed by atoms with van der Waals surface area (Å²) in [5.74, 6) is -0.919. The van der Waals surface area contributed by atoms with Crippen molar-refractivity contribution in [2.75, 3.05) is 6.54 Å². The number of nitrogens with zero attached hydrogens (tertiary/aromatic N) is 1. The van der Waals surface area contributed by atoms with Crippen molar-refractivity contribution in [2.45, 2.75) is 89.7 Å². The molecule has 2 aliphatic heterocycles. The summed E-state index contributed by atoms with van der Waals surface area (Å²) in [5, 5.41) is -0.0737. The molecule has 0 radical (unpaired) electrons. The maximum Gasteiger partial charge on any atom is 0.347 e. The molecule has 2 heterocycles. The molecule has 7 nitrogen and oxygen atoms in total. The van der Waals surface area contributed by atoms with Crippen LogP contribution in [0.2, 0.25) is 5.02 Å². The summed E-state index contributed by atoms with van der Waals surface area (Å²) in [6, 6.07) is 9.69. The number of hydrogen-bond acceptors (Lipinski definition) is 6. The standard InChI is InChI=1S/C29H36BrClFNO6S/c1-8-27(5,6)25(34)38-39-28(7)16-22(33(17-28)40(35,36)26(2,3)4)29(18-12-10-9-11-13-18)15-19-21(37-29)14-20(32)24(31)23(19)30/h9-14,22H,8,15-17H2,1-7H3/t22?,28?,29-/m0/s1. The van der Waals surface area contributed by atoms with E-state index in [1.54, 1.807) is 41.5 Å². The van der Waals surface area contributed by atoms with Crippen LogP contribution in [-0.4, -0.2) is 41.6 Å². The molecule has 1 saturated heterocycles. The molecule has 40 heavy (non-hydrogen) atoms. The third kappa shape index (κ3) is 5.30. The highest BCUT2D eigenvalue weighted by Gasteiger charge is 2.61. The summed E-state index contributed by atoms with van der Waals surface area (Å²) in [7, 11) is -3.94. The van der Waals surface area contributed by atoms with Crippen molar-refractivity contribution in [3.8, 4) is 5.75 Å². The number of halogens is 3. The average molecular weight is 661 g/mol. The maximum absolute atomic E-state index is 14.7. The Labute approximate surface area is 249 Å². The summed E-state index contributed by atoms with van der Waals surface area (Å²) in [5.41, 5.74) is -1.88. The smallest absolute Gasteiger partial charge is 0.347 e. The van der Waals surface area contributed by atoms with Crippen molar-refractivity contribution in [3.05, 3.63) is 62.8 Å². The van der Waals surface area contributed by atoms with Crippen molar-refractivity contribution in [1.82, 2.24) is 4.31 Å². The first-order valence-corrected chi connectivity index (χ1v) is 15.8. The molecule has 4 rings (SSSR count). The quantitative estimate of drug-likeness (QED) is 0.182.